The van der Waals surface area contributed by atoms with Gasteiger partial charge < -0.3 is 10.1 Å². The second kappa shape index (κ2) is 12.7. The molecule has 186 valence electrons. The average Bonchev–Trinajstić information content (AvgIpc) is 2.86. The van der Waals surface area contributed by atoms with Crippen molar-refractivity contribution in [1.82, 2.24) is 5.32 Å². The van der Waals surface area contributed by atoms with Crippen LogP contribution in [0.1, 0.15) is 24.5 Å². The summed E-state index contributed by atoms with van der Waals surface area (Å²) in [7, 11) is -3.96. The predicted molar refractivity (Wildman–Crippen MR) is 143 cm³/mol. The van der Waals surface area contributed by atoms with E-state index in [0.29, 0.717) is 24.6 Å². The molecule has 1 N–H and O–H groups in total. The molecular formula is C27H32N2O4S2. The molecule has 8 heteroatoms. The van der Waals surface area contributed by atoms with Gasteiger partial charge in [0.15, 0.2) is 0 Å². The number of carbonyl (C=O) groups is 1. The van der Waals surface area contributed by atoms with Crippen molar-refractivity contribution in [2.45, 2.75) is 36.5 Å². The largest absolute Gasteiger partial charge is 0.494 e. The summed E-state index contributed by atoms with van der Waals surface area (Å²) in [6, 6.07) is 21.7. The molecule has 0 fully saturated rings. The Bertz CT molecular complexity index is 1210. The van der Waals surface area contributed by atoms with Gasteiger partial charge in [-0.05, 0) is 87.0 Å². The number of benzene rings is 3. The van der Waals surface area contributed by atoms with Crippen LogP contribution in [-0.2, 0) is 21.2 Å². The summed E-state index contributed by atoms with van der Waals surface area (Å²) >= 11 is 1.53. The smallest absolute Gasteiger partial charge is 0.264 e. The Morgan fingerprint density at radius 2 is 1.74 bits per heavy atom. The number of aryl methyl sites for hydroxylation is 2. The summed E-state index contributed by atoms with van der Waals surface area (Å²) < 4.78 is 33.7. The Morgan fingerprint density at radius 3 is 2.37 bits per heavy atom. The SMILES string of the molecule is CCOc1ccc(N(CC(=O)NCCCc2cccc(C)c2)S(=O)(=O)c2ccc(SC)cc2)cc1. The summed E-state index contributed by atoms with van der Waals surface area (Å²) in [6.07, 6.45) is 3.53. The zero-order valence-corrected chi connectivity index (χ0v) is 22.0. The predicted octanol–water partition coefficient (Wildman–Crippen LogP) is 5.06. The van der Waals surface area contributed by atoms with E-state index in [1.54, 1.807) is 48.5 Å². The number of ether oxygens (including phenoxy) is 1. The maximum atomic E-state index is 13.5. The highest BCUT2D eigenvalue weighted by atomic mass is 32.2. The van der Waals surface area contributed by atoms with Crippen molar-refractivity contribution in [3.05, 3.63) is 83.9 Å². The van der Waals surface area contributed by atoms with E-state index >= 15 is 0 Å². The van der Waals surface area contributed by atoms with E-state index in [2.05, 4.69) is 30.4 Å². The summed E-state index contributed by atoms with van der Waals surface area (Å²) in [5, 5.41) is 2.87. The molecule has 0 bridgehead atoms. The summed E-state index contributed by atoms with van der Waals surface area (Å²) in [4.78, 5) is 13.9. The van der Waals surface area contributed by atoms with Gasteiger partial charge >= 0.3 is 0 Å². The fourth-order valence-corrected chi connectivity index (χ4v) is 5.47. The highest BCUT2D eigenvalue weighted by Crippen LogP contribution is 2.27. The van der Waals surface area contributed by atoms with Crippen LogP contribution in [0.15, 0.2) is 82.6 Å². The number of nitrogens with zero attached hydrogens (tertiary/aromatic N) is 1. The second-order valence-corrected chi connectivity index (χ2v) is 10.8. The van der Waals surface area contributed by atoms with E-state index < -0.39 is 10.0 Å². The lowest BCUT2D eigenvalue weighted by molar-refractivity contribution is -0.119. The van der Waals surface area contributed by atoms with Crippen LogP contribution in [0.2, 0.25) is 0 Å². The van der Waals surface area contributed by atoms with E-state index in [-0.39, 0.29) is 17.3 Å². The second-order valence-electron chi connectivity index (χ2n) is 8.06. The Morgan fingerprint density at radius 1 is 1.03 bits per heavy atom. The van der Waals surface area contributed by atoms with E-state index in [1.807, 2.05) is 19.2 Å². The van der Waals surface area contributed by atoms with Crippen LogP contribution in [0.5, 0.6) is 5.75 Å². The van der Waals surface area contributed by atoms with Gasteiger partial charge in [0.05, 0.1) is 17.2 Å². The van der Waals surface area contributed by atoms with E-state index in [4.69, 9.17) is 4.74 Å². The van der Waals surface area contributed by atoms with Gasteiger partial charge in [0, 0.05) is 11.4 Å². The maximum absolute atomic E-state index is 13.5. The normalized spacial score (nSPS) is 11.2. The van der Waals surface area contributed by atoms with Gasteiger partial charge in [0.1, 0.15) is 12.3 Å². The third kappa shape index (κ3) is 7.50. The monoisotopic (exact) mass is 512 g/mol. The van der Waals surface area contributed by atoms with Crippen LogP contribution in [0, 0.1) is 6.92 Å². The first-order valence-corrected chi connectivity index (χ1v) is 14.2. The van der Waals surface area contributed by atoms with Crippen molar-refractivity contribution in [3.8, 4) is 5.75 Å². The van der Waals surface area contributed by atoms with Crippen LogP contribution in [0.25, 0.3) is 0 Å². The lowest BCUT2D eigenvalue weighted by Gasteiger charge is -2.24. The molecule has 0 heterocycles. The molecule has 0 spiro atoms. The molecule has 35 heavy (non-hydrogen) atoms. The summed E-state index contributed by atoms with van der Waals surface area (Å²) in [6.45, 7) is 4.59. The van der Waals surface area contributed by atoms with Crippen molar-refractivity contribution < 1.29 is 17.9 Å². The van der Waals surface area contributed by atoms with Crippen LogP contribution < -0.4 is 14.4 Å². The number of hydrogen-bond donors (Lipinski definition) is 1. The third-order valence-electron chi connectivity index (χ3n) is 5.42. The van der Waals surface area contributed by atoms with Gasteiger partial charge in [-0.25, -0.2) is 8.42 Å². The molecule has 0 saturated carbocycles. The van der Waals surface area contributed by atoms with Crippen molar-refractivity contribution in [2.75, 3.05) is 30.3 Å². The number of rotatable bonds is 12. The number of thioether (sulfide) groups is 1. The third-order valence-corrected chi connectivity index (χ3v) is 7.95. The number of anilines is 1. The Kier molecular flexibility index (Phi) is 9.63. The van der Waals surface area contributed by atoms with Crippen molar-refractivity contribution >= 4 is 33.4 Å². The van der Waals surface area contributed by atoms with Crippen molar-refractivity contribution in [3.63, 3.8) is 0 Å². The number of amides is 1. The molecule has 0 radical (unpaired) electrons. The molecular weight excluding hydrogens is 480 g/mol. The maximum Gasteiger partial charge on any atom is 0.264 e. The summed E-state index contributed by atoms with van der Waals surface area (Å²) in [5.74, 6) is 0.283. The first-order chi connectivity index (χ1) is 16.8. The van der Waals surface area contributed by atoms with Crippen molar-refractivity contribution in [1.29, 1.82) is 0 Å². The van der Waals surface area contributed by atoms with Crippen molar-refractivity contribution in [2.24, 2.45) is 0 Å². The average molecular weight is 513 g/mol. The first-order valence-electron chi connectivity index (χ1n) is 11.6. The van der Waals surface area contributed by atoms with Gasteiger partial charge in [-0.15, -0.1) is 11.8 Å². The molecule has 0 unspecified atom stereocenters. The molecule has 3 aromatic rings. The van der Waals surface area contributed by atoms with Crippen LogP contribution in [-0.4, -0.2) is 40.3 Å². The minimum absolute atomic E-state index is 0.136. The van der Waals surface area contributed by atoms with E-state index in [1.165, 1.54) is 22.9 Å². The number of carbonyl (C=O) groups excluding carboxylic acids is 1. The zero-order chi connectivity index (χ0) is 25.3. The lowest BCUT2D eigenvalue weighted by Crippen LogP contribution is -2.41. The lowest BCUT2D eigenvalue weighted by atomic mass is 10.1. The fraction of sp³-hybridized carbons (Fsp3) is 0.296. The van der Waals surface area contributed by atoms with Gasteiger partial charge in [0.25, 0.3) is 10.0 Å². The molecule has 3 rings (SSSR count). The molecule has 0 aliphatic rings. The number of sulfonamides is 1. The minimum atomic E-state index is -3.96. The first kappa shape index (κ1) is 26.6. The molecule has 0 atom stereocenters. The fourth-order valence-electron chi connectivity index (χ4n) is 3.64. The highest BCUT2D eigenvalue weighted by Gasteiger charge is 2.27. The Labute approximate surface area is 212 Å². The molecule has 1 amide bonds. The van der Waals surface area contributed by atoms with Gasteiger partial charge in [0.2, 0.25) is 5.91 Å². The van der Waals surface area contributed by atoms with E-state index in [9.17, 15) is 13.2 Å². The Hall–Kier alpha value is -2.97. The molecule has 0 saturated heterocycles. The Balaban J connectivity index is 1.73. The summed E-state index contributed by atoms with van der Waals surface area (Å²) in [5.41, 5.74) is 2.82. The number of hydrogen-bond acceptors (Lipinski definition) is 5. The molecule has 0 aliphatic heterocycles. The quantitative estimate of drug-likeness (QED) is 0.271. The number of nitrogens with one attached hydrogen (secondary N) is 1. The highest BCUT2D eigenvalue weighted by molar-refractivity contribution is 7.98. The molecule has 0 aliphatic carbocycles. The van der Waals surface area contributed by atoms with E-state index in [0.717, 1.165) is 22.0 Å². The zero-order valence-electron chi connectivity index (χ0n) is 20.4. The molecule has 6 nitrogen and oxygen atoms in total. The minimum Gasteiger partial charge on any atom is -0.494 e. The van der Waals surface area contributed by atoms with Crippen LogP contribution >= 0.6 is 11.8 Å². The van der Waals surface area contributed by atoms with Crippen LogP contribution in [0.4, 0.5) is 5.69 Å². The van der Waals surface area contributed by atoms with Gasteiger partial charge in [-0.2, -0.15) is 0 Å². The van der Waals surface area contributed by atoms with Gasteiger partial charge in [-0.3, -0.25) is 9.10 Å². The topological polar surface area (TPSA) is 75.7 Å². The van der Waals surface area contributed by atoms with Gasteiger partial charge in [-0.1, -0.05) is 29.8 Å². The molecule has 0 aromatic heterocycles. The van der Waals surface area contributed by atoms with Crippen LogP contribution in [0.3, 0.4) is 0 Å². The standard InChI is InChI=1S/C27H32N2O4S2/c1-4-33-24-12-10-23(11-13-24)29(35(31,32)26-16-14-25(34-3)15-17-26)20-27(30)28-18-6-9-22-8-5-7-21(2)19-22/h5,7-8,10-17,19H,4,6,9,18,20H2,1-3H3,(H,28,30). The molecule has 3 aromatic carbocycles.